The number of aromatic carboxylic acids is 1. The lowest BCUT2D eigenvalue weighted by molar-refractivity contribution is 0.0693. The lowest BCUT2D eigenvalue weighted by Crippen LogP contribution is -2.33. The van der Waals surface area contributed by atoms with E-state index in [-0.39, 0.29) is 13.0 Å². The summed E-state index contributed by atoms with van der Waals surface area (Å²) in [7, 11) is 0. The lowest BCUT2D eigenvalue weighted by Gasteiger charge is -2.06. The molecule has 0 aliphatic carbocycles. The summed E-state index contributed by atoms with van der Waals surface area (Å²) >= 11 is 0. The van der Waals surface area contributed by atoms with Crippen molar-refractivity contribution >= 4 is 5.97 Å². The summed E-state index contributed by atoms with van der Waals surface area (Å²) in [6.45, 7) is 0.0663. The van der Waals surface area contributed by atoms with Gasteiger partial charge in [0.1, 0.15) is 11.4 Å². The molecule has 7 heteroatoms. The summed E-state index contributed by atoms with van der Waals surface area (Å²) in [6.07, 6.45) is 1.17. The average Bonchev–Trinajstić information content (AvgIpc) is 2.39. The third-order valence-corrected chi connectivity index (χ3v) is 2.82. The second kappa shape index (κ2) is 5.52. The van der Waals surface area contributed by atoms with E-state index in [9.17, 15) is 18.8 Å². The summed E-state index contributed by atoms with van der Waals surface area (Å²) in [5.74, 6) is -1.82. The zero-order valence-corrected chi connectivity index (χ0v) is 10.3. The van der Waals surface area contributed by atoms with Crippen molar-refractivity contribution in [3.63, 3.8) is 0 Å². The molecule has 1 aromatic carbocycles. The smallest absolute Gasteiger partial charge is 0.342 e. The minimum Gasteiger partial charge on any atom is -0.477 e. The first-order valence-corrected chi connectivity index (χ1v) is 5.79. The maximum Gasteiger partial charge on any atom is 0.342 e. The molecule has 0 bridgehead atoms. The van der Waals surface area contributed by atoms with Crippen molar-refractivity contribution in [2.75, 3.05) is 0 Å². The molecule has 0 aliphatic rings. The Hall–Kier alpha value is -2.70. The maximum atomic E-state index is 13.4. The second-order valence-electron chi connectivity index (χ2n) is 4.14. The van der Waals surface area contributed by atoms with Crippen LogP contribution in [0.1, 0.15) is 15.9 Å². The van der Waals surface area contributed by atoms with Crippen LogP contribution in [0.2, 0.25) is 0 Å². The lowest BCUT2D eigenvalue weighted by atomic mass is 10.1. The molecule has 20 heavy (non-hydrogen) atoms. The van der Waals surface area contributed by atoms with E-state index in [1.54, 1.807) is 18.2 Å². The zero-order valence-electron chi connectivity index (χ0n) is 10.3. The van der Waals surface area contributed by atoms with Gasteiger partial charge in [0.05, 0.1) is 0 Å². The van der Waals surface area contributed by atoms with Gasteiger partial charge in [-0.3, -0.25) is 14.3 Å². The number of hydrogen-bond acceptors (Lipinski definition) is 3. The Morgan fingerprint density at radius 3 is 2.65 bits per heavy atom. The minimum atomic E-state index is -1.43. The highest BCUT2D eigenvalue weighted by molar-refractivity contribution is 5.86. The molecule has 0 unspecified atom stereocenters. The van der Waals surface area contributed by atoms with Crippen LogP contribution in [0.4, 0.5) is 4.39 Å². The summed E-state index contributed by atoms with van der Waals surface area (Å²) < 4.78 is 14.5. The summed E-state index contributed by atoms with van der Waals surface area (Å²) in [5.41, 5.74) is -1.80. The number of aromatic amines is 1. The number of halogens is 1. The van der Waals surface area contributed by atoms with Crippen molar-refractivity contribution in [3.8, 4) is 0 Å². The Morgan fingerprint density at radius 2 is 2.00 bits per heavy atom. The molecule has 1 aromatic heterocycles. The van der Waals surface area contributed by atoms with Crippen LogP contribution in [0.5, 0.6) is 0 Å². The molecule has 2 aromatic rings. The number of nitrogens with zero attached hydrogens (tertiary/aromatic N) is 1. The fraction of sp³-hybridized carbons (Fsp3) is 0.154. The fourth-order valence-electron chi connectivity index (χ4n) is 1.77. The van der Waals surface area contributed by atoms with Gasteiger partial charge in [-0.1, -0.05) is 18.2 Å². The van der Waals surface area contributed by atoms with Gasteiger partial charge in [-0.15, -0.1) is 0 Å². The number of carboxylic acids is 1. The summed E-state index contributed by atoms with van der Waals surface area (Å²) in [5, 5.41) is 8.81. The molecule has 0 spiro atoms. The van der Waals surface area contributed by atoms with Crippen molar-refractivity contribution in [2.24, 2.45) is 0 Å². The number of aryl methyl sites for hydroxylation is 2. The van der Waals surface area contributed by atoms with Gasteiger partial charge < -0.3 is 5.11 Å². The van der Waals surface area contributed by atoms with Gasteiger partial charge in [-0.25, -0.2) is 14.0 Å². The van der Waals surface area contributed by atoms with E-state index in [0.717, 1.165) is 10.8 Å². The van der Waals surface area contributed by atoms with Gasteiger partial charge in [0.25, 0.3) is 5.56 Å². The van der Waals surface area contributed by atoms with Gasteiger partial charge in [-0.2, -0.15) is 0 Å². The SMILES string of the molecule is O=C(O)c1cn(CCc2ccccc2F)c(=O)[nH]c1=O. The Balaban J connectivity index is 2.28. The van der Waals surface area contributed by atoms with Crippen molar-refractivity contribution in [1.82, 2.24) is 9.55 Å². The highest BCUT2D eigenvalue weighted by atomic mass is 19.1. The number of carbonyl (C=O) groups is 1. The molecule has 0 aliphatic heterocycles. The van der Waals surface area contributed by atoms with Crippen LogP contribution < -0.4 is 11.2 Å². The van der Waals surface area contributed by atoms with E-state index < -0.39 is 28.6 Å². The number of aromatic nitrogens is 2. The van der Waals surface area contributed by atoms with Gasteiger partial charge in [0, 0.05) is 12.7 Å². The van der Waals surface area contributed by atoms with E-state index in [1.165, 1.54) is 6.07 Å². The Kier molecular flexibility index (Phi) is 3.79. The van der Waals surface area contributed by atoms with Crippen LogP contribution in [-0.4, -0.2) is 20.6 Å². The first kappa shape index (κ1) is 13.7. The van der Waals surface area contributed by atoms with Crippen molar-refractivity contribution in [1.29, 1.82) is 0 Å². The molecule has 0 fully saturated rings. The predicted octanol–water partition coefficient (Wildman–Crippen LogP) is 0.617. The Morgan fingerprint density at radius 1 is 1.30 bits per heavy atom. The molecule has 0 saturated heterocycles. The molecule has 0 atom stereocenters. The van der Waals surface area contributed by atoms with Crippen LogP contribution >= 0.6 is 0 Å². The first-order chi connectivity index (χ1) is 9.49. The summed E-state index contributed by atoms with van der Waals surface area (Å²) in [6, 6.07) is 6.09. The predicted molar refractivity (Wildman–Crippen MR) is 68.4 cm³/mol. The quantitative estimate of drug-likeness (QED) is 0.857. The highest BCUT2D eigenvalue weighted by Gasteiger charge is 2.11. The van der Waals surface area contributed by atoms with Crippen LogP contribution in [-0.2, 0) is 13.0 Å². The van der Waals surface area contributed by atoms with E-state index >= 15 is 0 Å². The third kappa shape index (κ3) is 2.82. The van der Waals surface area contributed by atoms with Crippen LogP contribution in [0.3, 0.4) is 0 Å². The standard InChI is InChI=1S/C13H11FN2O4/c14-10-4-2-1-3-8(10)5-6-16-7-9(12(18)19)11(17)15-13(16)20/h1-4,7H,5-6H2,(H,18,19)(H,15,17,20). The molecule has 0 amide bonds. The Bertz CT molecular complexity index is 763. The van der Waals surface area contributed by atoms with E-state index in [1.807, 2.05) is 4.98 Å². The van der Waals surface area contributed by atoms with Gasteiger partial charge in [0.2, 0.25) is 0 Å². The topological polar surface area (TPSA) is 92.2 Å². The molecular formula is C13H11FN2O4. The van der Waals surface area contributed by atoms with Gasteiger partial charge in [0.15, 0.2) is 0 Å². The molecule has 2 N–H and O–H groups in total. The number of nitrogens with one attached hydrogen (secondary N) is 1. The first-order valence-electron chi connectivity index (χ1n) is 5.79. The highest BCUT2D eigenvalue weighted by Crippen LogP contribution is 2.07. The van der Waals surface area contributed by atoms with E-state index in [4.69, 9.17) is 5.11 Å². The molecular weight excluding hydrogens is 267 g/mol. The van der Waals surface area contributed by atoms with Gasteiger partial charge in [-0.05, 0) is 18.1 Å². The monoisotopic (exact) mass is 278 g/mol. The Labute approximate surface area is 112 Å². The molecule has 2 rings (SSSR count). The summed E-state index contributed by atoms with van der Waals surface area (Å²) in [4.78, 5) is 35.5. The van der Waals surface area contributed by atoms with E-state index in [0.29, 0.717) is 5.56 Å². The number of rotatable bonds is 4. The van der Waals surface area contributed by atoms with Crippen LogP contribution in [0, 0.1) is 5.82 Å². The number of carboxylic acid groups (broad SMARTS) is 1. The minimum absolute atomic E-state index is 0.0663. The van der Waals surface area contributed by atoms with Gasteiger partial charge >= 0.3 is 11.7 Å². The number of benzene rings is 1. The molecule has 6 nitrogen and oxygen atoms in total. The van der Waals surface area contributed by atoms with Crippen molar-refractivity contribution < 1.29 is 14.3 Å². The maximum absolute atomic E-state index is 13.4. The van der Waals surface area contributed by atoms with Crippen molar-refractivity contribution in [3.05, 3.63) is 68.2 Å². The zero-order chi connectivity index (χ0) is 14.7. The second-order valence-corrected chi connectivity index (χ2v) is 4.14. The fourth-order valence-corrected chi connectivity index (χ4v) is 1.77. The normalized spacial score (nSPS) is 10.4. The van der Waals surface area contributed by atoms with Crippen LogP contribution in [0.15, 0.2) is 40.1 Å². The largest absolute Gasteiger partial charge is 0.477 e. The molecule has 104 valence electrons. The van der Waals surface area contributed by atoms with Crippen molar-refractivity contribution in [2.45, 2.75) is 13.0 Å². The molecule has 0 radical (unpaired) electrons. The van der Waals surface area contributed by atoms with Crippen LogP contribution in [0.25, 0.3) is 0 Å². The number of H-pyrrole nitrogens is 1. The van der Waals surface area contributed by atoms with E-state index in [2.05, 4.69) is 0 Å². The molecule has 1 heterocycles. The molecule has 0 saturated carbocycles. The average molecular weight is 278 g/mol. The number of hydrogen-bond donors (Lipinski definition) is 2. The third-order valence-electron chi connectivity index (χ3n) is 2.82.